The van der Waals surface area contributed by atoms with E-state index < -0.39 is 21.9 Å². The van der Waals surface area contributed by atoms with Crippen molar-refractivity contribution < 1.29 is 22.3 Å². The highest BCUT2D eigenvalue weighted by atomic mass is 32.2. The van der Waals surface area contributed by atoms with E-state index in [4.69, 9.17) is 9.47 Å². The van der Waals surface area contributed by atoms with Crippen LogP contribution in [0.2, 0.25) is 0 Å². The second-order valence-corrected chi connectivity index (χ2v) is 6.20. The van der Waals surface area contributed by atoms with Crippen molar-refractivity contribution in [3.63, 3.8) is 0 Å². The molecule has 0 N–H and O–H groups in total. The Kier molecular flexibility index (Phi) is 4.31. The summed E-state index contributed by atoms with van der Waals surface area (Å²) >= 11 is 0. The van der Waals surface area contributed by atoms with Gasteiger partial charge >= 0.3 is 0 Å². The molecule has 0 aliphatic carbocycles. The van der Waals surface area contributed by atoms with Gasteiger partial charge in [-0.3, -0.25) is 0 Å². The van der Waals surface area contributed by atoms with Crippen molar-refractivity contribution in [2.75, 3.05) is 19.0 Å². The van der Waals surface area contributed by atoms with E-state index >= 15 is 0 Å². The molecule has 1 aromatic rings. The summed E-state index contributed by atoms with van der Waals surface area (Å²) in [6.45, 7) is 1.18. The second-order valence-electron chi connectivity index (χ2n) is 4.09. The lowest BCUT2D eigenvalue weighted by atomic mass is 10.3. The summed E-state index contributed by atoms with van der Waals surface area (Å²) in [5.74, 6) is -0.664. The van der Waals surface area contributed by atoms with Crippen LogP contribution < -0.4 is 0 Å². The van der Waals surface area contributed by atoms with Gasteiger partial charge in [0.05, 0.1) is 23.9 Å². The molecule has 0 atom stereocenters. The zero-order valence-corrected chi connectivity index (χ0v) is 10.7. The Hall–Kier alpha value is -0.980. The number of ether oxygens (including phenoxy) is 2. The van der Waals surface area contributed by atoms with Crippen LogP contribution in [-0.4, -0.2) is 33.7 Å². The number of hydrogen-bond donors (Lipinski definition) is 0. The molecule has 1 saturated heterocycles. The van der Waals surface area contributed by atoms with Gasteiger partial charge in [-0.25, -0.2) is 12.8 Å². The van der Waals surface area contributed by atoms with E-state index in [-0.39, 0.29) is 17.1 Å². The maximum absolute atomic E-state index is 13.0. The van der Waals surface area contributed by atoms with Crippen molar-refractivity contribution in [3.8, 4) is 0 Å². The Morgan fingerprint density at radius 3 is 2.67 bits per heavy atom. The third-order valence-corrected chi connectivity index (χ3v) is 4.42. The number of sulfone groups is 1. The third-order valence-electron chi connectivity index (χ3n) is 2.67. The molecule has 0 saturated carbocycles. The highest BCUT2D eigenvalue weighted by Crippen LogP contribution is 2.16. The molecule has 100 valence electrons. The van der Waals surface area contributed by atoms with Crippen molar-refractivity contribution in [1.29, 1.82) is 0 Å². The van der Waals surface area contributed by atoms with E-state index in [2.05, 4.69) is 0 Å². The Morgan fingerprint density at radius 1 is 1.28 bits per heavy atom. The fraction of sp³-hybridized carbons (Fsp3) is 0.500. The van der Waals surface area contributed by atoms with Crippen LogP contribution in [0.15, 0.2) is 29.2 Å². The normalized spacial score (nSPS) is 17.8. The summed E-state index contributed by atoms with van der Waals surface area (Å²) < 4.78 is 47.4. The quantitative estimate of drug-likeness (QED) is 0.839. The van der Waals surface area contributed by atoms with Crippen LogP contribution in [0, 0.1) is 5.82 Å². The summed E-state index contributed by atoms with van der Waals surface area (Å²) in [5.41, 5.74) is 0. The van der Waals surface area contributed by atoms with Crippen molar-refractivity contribution in [3.05, 3.63) is 30.1 Å². The molecule has 1 heterocycles. The highest BCUT2D eigenvalue weighted by Gasteiger charge is 2.20. The van der Waals surface area contributed by atoms with E-state index in [1.807, 2.05) is 0 Å². The van der Waals surface area contributed by atoms with Crippen LogP contribution in [0.5, 0.6) is 0 Å². The van der Waals surface area contributed by atoms with Gasteiger partial charge in [0.1, 0.15) is 5.82 Å². The maximum Gasteiger partial charge on any atom is 0.178 e. The van der Waals surface area contributed by atoms with E-state index in [1.165, 1.54) is 18.2 Å². The molecule has 4 nitrogen and oxygen atoms in total. The molecular weight excluding hydrogens is 259 g/mol. The first-order valence-electron chi connectivity index (χ1n) is 5.79. The van der Waals surface area contributed by atoms with Gasteiger partial charge in [-0.05, 0) is 24.6 Å². The third kappa shape index (κ3) is 3.51. The predicted molar refractivity (Wildman–Crippen MR) is 63.4 cm³/mol. The predicted octanol–water partition coefficient (Wildman–Crippen LogP) is 1.75. The Balaban J connectivity index is 1.98. The van der Waals surface area contributed by atoms with Gasteiger partial charge in [0.2, 0.25) is 0 Å². The minimum atomic E-state index is -3.48. The van der Waals surface area contributed by atoms with Gasteiger partial charge in [0.25, 0.3) is 0 Å². The van der Waals surface area contributed by atoms with Gasteiger partial charge in [0, 0.05) is 6.42 Å². The van der Waals surface area contributed by atoms with Gasteiger partial charge in [0.15, 0.2) is 16.1 Å². The van der Waals surface area contributed by atoms with Crippen LogP contribution in [0.1, 0.15) is 12.8 Å². The Labute approximate surface area is 106 Å². The molecule has 1 fully saturated rings. The summed E-state index contributed by atoms with van der Waals surface area (Å²) in [7, 11) is -3.48. The van der Waals surface area contributed by atoms with E-state index in [0.717, 1.165) is 12.5 Å². The van der Waals surface area contributed by atoms with E-state index in [1.54, 1.807) is 0 Å². The van der Waals surface area contributed by atoms with Gasteiger partial charge in [-0.15, -0.1) is 0 Å². The summed E-state index contributed by atoms with van der Waals surface area (Å²) in [6.07, 6.45) is 0.619. The monoisotopic (exact) mass is 274 g/mol. The van der Waals surface area contributed by atoms with Crippen molar-refractivity contribution in [2.24, 2.45) is 0 Å². The highest BCUT2D eigenvalue weighted by molar-refractivity contribution is 7.91. The minimum absolute atomic E-state index is 0.00157. The molecule has 6 heteroatoms. The average Bonchev–Trinajstić information content (AvgIpc) is 2.38. The van der Waals surface area contributed by atoms with Crippen molar-refractivity contribution >= 4 is 9.84 Å². The van der Waals surface area contributed by atoms with Crippen LogP contribution in [0.25, 0.3) is 0 Å². The van der Waals surface area contributed by atoms with Gasteiger partial charge in [-0.2, -0.15) is 0 Å². The molecule has 18 heavy (non-hydrogen) atoms. The van der Waals surface area contributed by atoms with Crippen molar-refractivity contribution in [1.82, 2.24) is 0 Å². The molecule has 1 aliphatic rings. The number of halogens is 1. The van der Waals surface area contributed by atoms with E-state index in [0.29, 0.717) is 13.2 Å². The van der Waals surface area contributed by atoms with Gasteiger partial charge < -0.3 is 9.47 Å². The SMILES string of the molecule is O=S(=O)(CCC1OCCCO1)c1cccc(F)c1. The Bertz CT molecular complexity index is 495. The summed E-state index contributed by atoms with van der Waals surface area (Å²) in [6, 6.07) is 5.01. The average molecular weight is 274 g/mol. The first-order valence-corrected chi connectivity index (χ1v) is 7.45. The summed E-state index contributed by atoms with van der Waals surface area (Å²) in [5, 5.41) is 0. The Morgan fingerprint density at radius 2 is 2.00 bits per heavy atom. The lowest BCUT2D eigenvalue weighted by molar-refractivity contribution is -0.178. The zero-order chi connectivity index (χ0) is 13.0. The molecule has 2 rings (SSSR count). The van der Waals surface area contributed by atoms with Crippen LogP contribution >= 0.6 is 0 Å². The van der Waals surface area contributed by atoms with Gasteiger partial charge in [-0.1, -0.05) is 6.07 Å². The van der Waals surface area contributed by atoms with Crippen LogP contribution in [0.3, 0.4) is 0 Å². The van der Waals surface area contributed by atoms with Crippen LogP contribution in [-0.2, 0) is 19.3 Å². The summed E-state index contributed by atoms with van der Waals surface area (Å²) in [4.78, 5) is -0.00157. The molecule has 0 aromatic heterocycles. The van der Waals surface area contributed by atoms with Crippen LogP contribution in [0.4, 0.5) is 4.39 Å². The minimum Gasteiger partial charge on any atom is -0.353 e. The molecule has 0 bridgehead atoms. The smallest absolute Gasteiger partial charge is 0.178 e. The molecule has 0 radical (unpaired) electrons. The number of rotatable bonds is 4. The molecule has 1 aliphatic heterocycles. The molecule has 0 spiro atoms. The standard InChI is InChI=1S/C12H15FO4S/c13-10-3-1-4-11(9-10)18(14,15)8-5-12-16-6-2-7-17-12/h1,3-4,9,12H,2,5-8H2. The molecule has 0 amide bonds. The fourth-order valence-corrected chi connectivity index (χ4v) is 3.05. The molecule has 1 aromatic carbocycles. The second kappa shape index (κ2) is 5.77. The maximum atomic E-state index is 13.0. The number of benzene rings is 1. The molecule has 0 unspecified atom stereocenters. The number of hydrogen-bond acceptors (Lipinski definition) is 4. The fourth-order valence-electron chi connectivity index (χ4n) is 1.73. The molecular formula is C12H15FO4S. The zero-order valence-electron chi connectivity index (χ0n) is 9.84. The van der Waals surface area contributed by atoms with E-state index in [9.17, 15) is 12.8 Å². The lowest BCUT2D eigenvalue weighted by Crippen LogP contribution is -2.27. The first kappa shape index (κ1) is 13.5. The van der Waals surface area contributed by atoms with Crippen molar-refractivity contribution in [2.45, 2.75) is 24.0 Å². The lowest BCUT2D eigenvalue weighted by Gasteiger charge is -2.22. The topological polar surface area (TPSA) is 52.6 Å². The largest absolute Gasteiger partial charge is 0.353 e. The first-order chi connectivity index (χ1) is 8.58.